The monoisotopic (exact) mass is 512 g/mol. The van der Waals surface area contributed by atoms with Gasteiger partial charge in [0.05, 0.1) is 22.2 Å². The summed E-state index contributed by atoms with van der Waals surface area (Å²) in [6.07, 6.45) is -4.76. The number of amides is 1. The van der Waals surface area contributed by atoms with Crippen molar-refractivity contribution in [2.45, 2.75) is 24.7 Å². The zero-order valence-electron chi connectivity index (χ0n) is 18.1. The number of benzene rings is 3. The molecule has 1 saturated heterocycles. The van der Waals surface area contributed by atoms with Gasteiger partial charge >= 0.3 is 6.18 Å². The van der Waals surface area contributed by atoms with Crippen LogP contribution in [-0.4, -0.2) is 29.9 Å². The van der Waals surface area contributed by atoms with Gasteiger partial charge in [0.15, 0.2) is 11.6 Å². The molecule has 1 aliphatic rings. The van der Waals surface area contributed by atoms with E-state index in [4.69, 9.17) is 11.6 Å². The highest BCUT2D eigenvalue weighted by atomic mass is 35.5. The van der Waals surface area contributed by atoms with E-state index in [-0.39, 0.29) is 18.7 Å². The number of hydrogen-bond acceptors (Lipinski definition) is 2. The van der Waals surface area contributed by atoms with Gasteiger partial charge in [0, 0.05) is 31.6 Å². The summed E-state index contributed by atoms with van der Waals surface area (Å²) in [6, 6.07) is 12.6. The molecular weight excluding hydrogens is 494 g/mol. The number of nitrogens with zero attached hydrogens (tertiary/aromatic N) is 1. The van der Waals surface area contributed by atoms with Crippen molar-refractivity contribution in [3.8, 4) is 0 Å². The number of carbonyl (C=O) groups excluding carboxylic acids is 1. The van der Waals surface area contributed by atoms with Crippen molar-refractivity contribution < 1.29 is 31.1 Å². The Morgan fingerprint density at radius 1 is 0.943 bits per heavy atom. The fourth-order valence-corrected chi connectivity index (χ4v) is 4.63. The fraction of sp³-hybridized carbons (Fsp3) is 0.240. The van der Waals surface area contributed by atoms with Crippen LogP contribution in [0.2, 0.25) is 5.02 Å². The normalized spacial score (nSPS) is 18.6. The zero-order valence-corrected chi connectivity index (χ0v) is 18.8. The van der Waals surface area contributed by atoms with Gasteiger partial charge < -0.3 is 5.32 Å². The number of carbonyl (C=O) groups is 1. The maximum Gasteiger partial charge on any atom is 0.417 e. The molecule has 0 aromatic heterocycles. The SMILES string of the molecule is O=C(N[C@@H]1CN(Cc2ccccc2)C[C@H]1c1cc(F)c(F)cc1F)c1cccc(C(F)(F)F)c1Cl. The van der Waals surface area contributed by atoms with Crippen LogP contribution in [0, 0.1) is 17.5 Å². The van der Waals surface area contributed by atoms with Crippen molar-refractivity contribution in [1.82, 2.24) is 10.2 Å². The summed E-state index contributed by atoms with van der Waals surface area (Å²) >= 11 is 5.88. The number of nitrogens with one attached hydrogen (secondary N) is 1. The molecule has 10 heteroatoms. The molecule has 3 nitrogen and oxygen atoms in total. The summed E-state index contributed by atoms with van der Waals surface area (Å²) in [5.74, 6) is -5.24. The largest absolute Gasteiger partial charge is 0.417 e. The number of likely N-dealkylation sites (tertiary alicyclic amines) is 1. The van der Waals surface area contributed by atoms with Crippen LogP contribution in [0.4, 0.5) is 26.3 Å². The molecule has 1 N–H and O–H groups in total. The lowest BCUT2D eigenvalue weighted by molar-refractivity contribution is -0.137. The summed E-state index contributed by atoms with van der Waals surface area (Å²) in [6.45, 7) is 0.817. The summed E-state index contributed by atoms with van der Waals surface area (Å²) in [5, 5.41) is 1.87. The first-order valence-corrected chi connectivity index (χ1v) is 11.0. The van der Waals surface area contributed by atoms with Gasteiger partial charge in [0.2, 0.25) is 0 Å². The minimum atomic E-state index is -4.76. The van der Waals surface area contributed by atoms with Crippen LogP contribution in [0.25, 0.3) is 0 Å². The van der Waals surface area contributed by atoms with Crippen molar-refractivity contribution in [2.24, 2.45) is 0 Å². The lowest BCUT2D eigenvalue weighted by Gasteiger charge is -2.22. The Balaban J connectivity index is 1.64. The first kappa shape index (κ1) is 25.1. The van der Waals surface area contributed by atoms with Gasteiger partial charge in [-0.2, -0.15) is 13.2 Å². The van der Waals surface area contributed by atoms with E-state index >= 15 is 0 Å². The lowest BCUT2D eigenvalue weighted by Crippen LogP contribution is -2.40. The minimum absolute atomic E-state index is 0.139. The average molecular weight is 513 g/mol. The van der Waals surface area contributed by atoms with Gasteiger partial charge in [-0.15, -0.1) is 0 Å². The number of hydrogen-bond donors (Lipinski definition) is 1. The third-order valence-corrected chi connectivity index (χ3v) is 6.36. The number of rotatable bonds is 5. The topological polar surface area (TPSA) is 32.3 Å². The standard InChI is InChI=1S/C25H19ClF6N2O/c26-23-15(7-4-8-18(23)25(30,31)32)24(35)33-22-13-34(11-14-5-2-1-3-6-14)12-17(22)16-9-20(28)21(29)10-19(16)27/h1-10,17,22H,11-13H2,(H,33,35)/t17-,22+/m0/s1. The van der Waals surface area contributed by atoms with E-state index in [1.807, 2.05) is 35.2 Å². The second-order valence-corrected chi connectivity index (χ2v) is 8.70. The molecule has 0 saturated carbocycles. The van der Waals surface area contributed by atoms with Gasteiger partial charge in [-0.05, 0) is 29.3 Å². The van der Waals surface area contributed by atoms with E-state index in [2.05, 4.69) is 5.32 Å². The van der Waals surface area contributed by atoms with E-state index in [1.54, 1.807) is 0 Å². The molecule has 4 rings (SSSR count). The lowest BCUT2D eigenvalue weighted by atomic mass is 9.93. The van der Waals surface area contributed by atoms with Crippen LogP contribution in [0.15, 0.2) is 60.7 Å². The van der Waals surface area contributed by atoms with Crippen molar-refractivity contribution in [1.29, 1.82) is 0 Å². The smallest absolute Gasteiger partial charge is 0.347 e. The number of alkyl halides is 3. The van der Waals surface area contributed by atoms with Gasteiger partial charge in [-0.1, -0.05) is 48.0 Å². The van der Waals surface area contributed by atoms with Gasteiger partial charge in [-0.3, -0.25) is 9.69 Å². The molecule has 35 heavy (non-hydrogen) atoms. The molecule has 1 amide bonds. The van der Waals surface area contributed by atoms with E-state index < -0.39 is 57.6 Å². The summed E-state index contributed by atoms with van der Waals surface area (Å²) in [5.41, 5.74) is -0.760. The Labute approximate surface area is 202 Å². The van der Waals surface area contributed by atoms with E-state index in [1.165, 1.54) is 0 Å². The zero-order chi connectivity index (χ0) is 25.3. The maximum absolute atomic E-state index is 14.6. The molecule has 0 unspecified atom stereocenters. The molecule has 1 heterocycles. The molecular formula is C25H19ClF6N2O. The summed E-state index contributed by atoms with van der Waals surface area (Å²) in [4.78, 5) is 14.8. The highest BCUT2D eigenvalue weighted by Crippen LogP contribution is 2.37. The first-order chi connectivity index (χ1) is 16.5. The van der Waals surface area contributed by atoms with Crippen molar-refractivity contribution in [2.75, 3.05) is 13.1 Å². The van der Waals surface area contributed by atoms with Gasteiger partial charge in [0.1, 0.15) is 5.82 Å². The first-order valence-electron chi connectivity index (χ1n) is 10.6. The molecule has 0 spiro atoms. The molecule has 1 fully saturated rings. The van der Waals surface area contributed by atoms with E-state index in [0.29, 0.717) is 12.6 Å². The molecule has 2 atom stereocenters. The molecule has 3 aromatic carbocycles. The average Bonchev–Trinajstić information content (AvgIpc) is 3.17. The Hall–Kier alpha value is -3.04. The Kier molecular flexibility index (Phi) is 7.10. The maximum atomic E-state index is 14.6. The molecule has 184 valence electrons. The highest BCUT2D eigenvalue weighted by molar-refractivity contribution is 6.34. The van der Waals surface area contributed by atoms with Gasteiger partial charge in [0.25, 0.3) is 5.91 Å². The predicted molar refractivity (Wildman–Crippen MR) is 118 cm³/mol. The van der Waals surface area contributed by atoms with Crippen LogP contribution in [0.5, 0.6) is 0 Å². The van der Waals surface area contributed by atoms with Crippen LogP contribution in [0.1, 0.15) is 33.0 Å². The Bertz CT molecular complexity index is 1230. The van der Waals surface area contributed by atoms with Crippen LogP contribution < -0.4 is 5.32 Å². The van der Waals surface area contributed by atoms with Crippen molar-refractivity contribution >= 4 is 17.5 Å². The molecule has 3 aromatic rings. The molecule has 1 aliphatic heterocycles. The molecule has 0 radical (unpaired) electrons. The highest BCUT2D eigenvalue weighted by Gasteiger charge is 2.38. The third-order valence-electron chi connectivity index (χ3n) is 5.95. The van der Waals surface area contributed by atoms with Crippen molar-refractivity contribution in [3.63, 3.8) is 0 Å². The second kappa shape index (κ2) is 9.91. The summed E-state index contributed by atoms with van der Waals surface area (Å²) in [7, 11) is 0. The fourth-order valence-electron chi connectivity index (χ4n) is 4.31. The quantitative estimate of drug-likeness (QED) is 0.327. The van der Waals surface area contributed by atoms with E-state index in [9.17, 15) is 31.1 Å². The second-order valence-electron chi connectivity index (χ2n) is 8.32. The Morgan fingerprint density at radius 2 is 1.63 bits per heavy atom. The summed E-state index contributed by atoms with van der Waals surface area (Å²) < 4.78 is 81.8. The Morgan fingerprint density at radius 3 is 2.31 bits per heavy atom. The molecule has 0 aliphatic carbocycles. The molecule has 0 bridgehead atoms. The minimum Gasteiger partial charge on any atom is -0.347 e. The third kappa shape index (κ3) is 5.46. The van der Waals surface area contributed by atoms with Gasteiger partial charge in [-0.25, -0.2) is 13.2 Å². The van der Waals surface area contributed by atoms with Crippen LogP contribution in [-0.2, 0) is 12.7 Å². The van der Waals surface area contributed by atoms with E-state index in [0.717, 1.165) is 29.8 Å². The van der Waals surface area contributed by atoms with Crippen LogP contribution in [0.3, 0.4) is 0 Å². The predicted octanol–water partition coefficient (Wildman–Crippen LogP) is 6.17. The number of halogens is 7. The van der Waals surface area contributed by atoms with Crippen LogP contribution >= 0.6 is 11.6 Å². The van der Waals surface area contributed by atoms with Crippen molar-refractivity contribution in [3.05, 3.63) is 105 Å².